The minimum absolute atomic E-state index is 0.252. The van der Waals surface area contributed by atoms with Crippen LogP contribution in [0.3, 0.4) is 0 Å². The van der Waals surface area contributed by atoms with Gasteiger partial charge in [-0.05, 0) is 36.8 Å². The Morgan fingerprint density at radius 2 is 2.00 bits per heavy atom. The van der Waals surface area contributed by atoms with Crippen LogP contribution < -0.4 is 14.8 Å². The molecule has 0 saturated heterocycles. The number of nitrogens with one attached hydrogen (secondary N) is 1. The Hall–Kier alpha value is -2.87. The van der Waals surface area contributed by atoms with Crippen LogP contribution in [0.25, 0.3) is 0 Å². The van der Waals surface area contributed by atoms with Crippen molar-refractivity contribution in [3.8, 4) is 11.5 Å². The van der Waals surface area contributed by atoms with Gasteiger partial charge in [-0.3, -0.25) is 4.68 Å². The number of aromatic nitrogens is 4. The lowest BCUT2D eigenvalue weighted by Gasteiger charge is -2.04. The zero-order valence-electron chi connectivity index (χ0n) is 14.3. The van der Waals surface area contributed by atoms with E-state index in [0.29, 0.717) is 18.3 Å². The summed E-state index contributed by atoms with van der Waals surface area (Å²) in [5.41, 5.74) is 1.15. The van der Waals surface area contributed by atoms with Crippen molar-refractivity contribution in [1.82, 2.24) is 25.2 Å². The molecule has 0 radical (unpaired) electrons. The van der Waals surface area contributed by atoms with Crippen LogP contribution in [0, 0.1) is 6.92 Å². The highest BCUT2D eigenvalue weighted by molar-refractivity contribution is 5.31. The first-order chi connectivity index (χ1) is 12.2. The van der Waals surface area contributed by atoms with Crippen molar-refractivity contribution in [2.75, 3.05) is 13.7 Å². The quantitative estimate of drug-likeness (QED) is 0.594. The zero-order valence-corrected chi connectivity index (χ0v) is 14.3. The van der Waals surface area contributed by atoms with Gasteiger partial charge in [-0.2, -0.15) is 10.1 Å². The molecule has 0 saturated carbocycles. The van der Waals surface area contributed by atoms with Crippen molar-refractivity contribution in [2.24, 2.45) is 0 Å². The van der Waals surface area contributed by atoms with Gasteiger partial charge in [0, 0.05) is 12.7 Å². The van der Waals surface area contributed by atoms with Gasteiger partial charge in [0.05, 0.1) is 26.4 Å². The van der Waals surface area contributed by atoms with Crippen LogP contribution >= 0.6 is 0 Å². The maximum atomic E-state index is 5.62. The lowest BCUT2D eigenvalue weighted by atomic mass is 10.3. The molecule has 25 heavy (non-hydrogen) atoms. The molecule has 2 aromatic heterocycles. The smallest absolute Gasteiger partial charge is 0.240 e. The highest BCUT2D eigenvalue weighted by Gasteiger charge is 2.07. The molecule has 0 aliphatic heterocycles. The standard InChI is InChI=1S/C17H21N5O3/c1-13-9-19-22(11-13)8-7-18-10-17-20-16(21-25-17)12-24-15-5-3-14(23-2)4-6-15/h3-6,9,11,18H,7-8,10,12H2,1-2H3. The number of rotatable bonds is 9. The van der Waals surface area contributed by atoms with Crippen molar-refractivity contribution >= 4 is 0 Å². The summed E-state index contributed by atoms with van der Waals surface area (Å²) >= 11 is 0. The largest absolute Gasteiger partial charge is 0.497 e. The maximum absolute atomic E-state index is 5.62. The Bertz CT molecular complexity index is 782. The average molecular weight is 343 g/mol. The van der Waals surface area contributed by atoms with Crippen LogP contribution in [0.4, 0.5) is 0 Å². The van der Waals surface area contributed by atoms with E-state index in [4.69, 9.17) is 14.0 Å². The van der Waals surface area contributed by atoms with Crippen molar-refractivity contribution in [3.63, 3.8) is 0 Å². The van der Waals surface area contributed by atoms with Gasteiger partial charge in [0.2, 0.25) is 11.7 Å². The third kappa shape index (κ3) is 5.05. The second kappa shape index (κ2) is 8.29. The SMILES string of the molecule is COc1ccc(OCc2noc(CNCCn3cc(C)cn3)n2)cc1. The third-order valence-corrected chi connectivity index (χ3v) is 3.49. The Morgan fingerprint density at radius 1 is 1.20 bits per heavy atom. The Balaban J connectivity index is 1.39. The second-order valence-electron chi connectivity index (χ2n) is 5.53. The van der Waals surface area contributed by atoms with Gasteiger partial charge in [0.25, 0.3) is 0 Å². The predicted octanol–water partition coefficient (Wildman–Crippen LogP) is 1.95. The molecule has 0 aliphatic carbocycles. The first-order valence-corrected chi connectivity index (χ1v) is 8.01. The fourth-order valence-corrected chi connectivity index (χ4v) is 2.22. The van der Waals surface area contributed by atoms with E-state index in [1.807, 2.05) is 48.3 Å². The molecule has 132 valence electrons. The summed E-state index contributed by atoms with van der Waals surface area (Å²) in [6, 6.07) is 7.33. The number of hydrogen-bond donors (Lipinski definition) is 1. The molecule has 2 heterocycles. The van der Waals surface area contributed by atoms with Crippen LogP contribution in [-0.2, 0) is 19.7 Å². The van der Waals surface area contributed by atoms with Gasteiger partial charge in [-0.25, -0.2) is 0 Å². The zero-order chi connectivity index (χ0) is 17.5. The molecule has 8 heteroatoms. The summed E-state index contributed by atoms with van der Waals surface area (Å²) in [7, 11) is 1.63. The Kier molecular flexibility index (Phi) is 5.63. The molecular weight excluding hydrogens is 322 g/mol. The highest BCUT2D eigenvalue weighted by atomic mass is 16.5. The first kappa shape index (κ1) is 17.0. The number of aryl methyl sites for hydroxylation is 1. The third-order valence-electron chi connectivity index (χ3n) is 3.49. The molecular formula is C17H21N5O3. The minimum Gasteiger partial charge on any atom is -0.497 e. The molecule has 3 rings (SSSR count). The topological polar surface area (TPSA) is 87.2 Å². The summed E-state index contributed by atoms with van der Waals surface area (Å²) in [6.45, 7) is 4.33. The van der Waals surface area contributed by atoms with Crippen LogP contribution in [-0.4, -0.2) is 33.6 Å². The molecule has 0 amide bonds. The Labute approximate surface area is 145 Å². The van der Waals surface area contributed by atoms with Gasteiger partial charge < -0.3 is 19.3 Å². The first-order valence-electron chi connectivity index (χ1n) is 8.01. The molecule has 3 aromatic rings. The highest BCUT2D eigenvalue weighted by Crippen LogP contribution is 2.17. The van der Waals surface area contributed by atoms with Crippen molar-refractivity contribution in [3.05, 3.63) is 53.9 Å². The van der Waals surface area contributed by atoms with E-state index in [-0.39, 0.29) is 6.61 Å². The minimum atomic E-state index is 0.252. The number of benzene rings is 1. The van der Waals surface area contributed by atoms with Crippen molar-refractivity contribution < 1.29 is 14.0 Å². The molecule has 1 N–H and O–H groups in total. The molecule has 0 unspecified atom stereocenters. The van der Waals surface area contributed by atoms with Crippen LogP contribution in [0.5, 0.6) is 11.5 Å². The Morgan fingerprint density at radius 3 is 2.72 bits per heavy atom. The number of methoxy groups -OCH3 is 1. The molecule has 8 nitrogen and oxygen atoms in total. The predicted molar refractivity (Wildman–Crippen MR) is 90.3 cm³/mol. The number of ether oxygens (including phenoxy) is 2. The average Bonchev–Trinajstić information content (AvgIpc) is 3.26. The van der Waals surface area contributed by atoms with E-state index in [1.165, 1.54) is 0 Å². The van der Waals surface area contributed by atoms with Crippen molar-refractivity contribution in [2.45, 2.75) is 26.6 Å². The molecule has 0 atom stereocenters. The van der Waals surface area contributed by atoms with Crippen LogP contribution in [0.2, 0.25) is 0 Å². The lowest BCUT2D eigenvalue weighted by molar-refractivity contribution is 0.284. The lowest BCUT2D eigenvalue weighted by Crippen LogP contribution is -2.20. The summed E-state index contributed by atoms with van der Waals surface area (Å²) in [4.78, 5) is 4.30. The van der Waals surface area contributed by atoms with Gasteiger partial charge in [0.1, 0.15) is 11.5 Å². The molecule has 0 fully saturated rings. The van der Waals surface area contributed by atoms with E-state index < -0.39 is 0 Å². The van der Waals surface area contributed by atoms with E-state index in [1.54, 1.807) is 7.11 Å². The fourth-order valence-electron chi connectivity index (χ4n) is 2.22. The molecule has 1 aromatic carbocycles. The summed E-state index contributed by atoms with van der Waals surface area (Å²) < 4.78 is 17.8. The van der Waals surface area contributed by atoms with E-state index in [9.17, 15) is 0 Å². The summed E-state index contributed by atoms with van der Waals surface area (Å²) in [6.07, 6.45) is 3.84. The number of nitrogens with zero attached hydrogens (tertiary/aromatic N) is 4. The number of hydrogen-bond acceptors (Lipinski definition) is 7. The monoisotopic (exact) mass is 343 g/mol. The van der Waals surface area contributed by atoms with Crippen LogP contribution in [0.15, 0.2) is 41.2 Å². The summed E-state index contributed by atoms with van der Waals surface area (Å²) in [5.74, 6) is 2.55. The van der Waals surface area contributed by atoms with Gasteiger partial charge in [-0.1, -0.05) is 5.16 Å². The maximum Gasteiger partial charge on any atom is 0.240 e. The normalized spacial score (nSPS) is 10.8. The van der Waals surface area contributed by atoms with E-state index in [0.717, 1.165) is 30.2 Å². The molecule has 0 aliphatic rings. The fraction of sp³-hybridized carbons (Fsp3) is 0.353. The van der Waals surface area contributed by atoms with E-state index in [2.05, 4.69) is 20.6 Å². The molecule has 0 bridgehead atoms. The van der Waals surface area contributed by atoms with Gasteiger partial charge in [0.15, 0.2) is 6.61 Å². The molecule has 0 spiro atoms. The van der Waals surface area contributed by atoms with Gasteiger partial charge >= 0.3 is 0 Å². The van der Waals surface area contributed by atoms with Gasteiger partial charge in [-0.15, -0.1) is 0 Å². The van der Waals surface area contributed by atoms with Crippen molar-refractivity contribution in [1.29, 1.82) is 0 Å². The summed E-state index contributed by atoms with van der Waals surface area (Å²) in [5, 5.41) is 11.4. The van der Waals surface area contributed by atoms with Crippen LogP contribution in [0.1, 0.15) is 17.3 Å². The second-order valence-corrected chi connectivity index (χ2v) is 5.53. The van der Waals surface area contributed by atoms with E-state index >= 15 is 0 Å².